The standard InChI is InChI=1S/C39H26N2S/c1-2-8-27(9-3-1)29-16-20-33(21-17-29)41(35-25-38-39(40-26-35)36-12-6-7-13-37(36)42-38)34-22-18-30(19-23-34)32-15-14-28-10-4-5-11-31(28)24-32/h1-26H. The Bertz CT molecular complexity index is 2180. The predicted molar refractivity (Wildman–Crippen MR) is 180 cm³/mol. The summed E-state index contributed by atoms with van der Waals surface area (Å²) in [4.78, 5) is 7.27. The van der Waals surface area contributed by atoms with Crippen molar-refractivity contribution in [3.05, 3.63) is 158 Å². The predicted octanol–water partition coefficient (Wildman–Crippen LogP) is 11.4. The Morgan fingerprint density at radius 1 is 0.429 bits per heavy atom. The van der Waals surface area contributed by atoms with Crippen LogP contribution in [0.3, 0.4) is 0 Å². The summed E-state index contributed by atoms with van der Waals surface area (Å²) in [5, 5.41) is 3.72. The lowest BCUT2D eigenvalue weighted by Crippen LogP contribution is -2.10. The third kappa shape index (κ3) is 4.41. The van der Waals surface area contributed by atoms with E-state index in [4.69, 9.17) is 4.98 Å². The molecule has 0 bridgehead atoms. The van der Waals surface area contributed by atoms with Crippen molar-refractivity contribution in [1.29, 1.82) is 0 Å². The summed E-state index contributed by atoms with van der Waals surface area (Å²) in [7, 11) is 0. The molecule has 2 nitrogen and oxygen atoms in total. The highest BCUT2D eigenvalue weighted by Gasteiger charge is 2.16. The molecular weight excluding hydrogens is 529 g/mol. The van der Waals surface area contributed by atoms with Crippen molar-refractivity contribution in [3.8, 4) is 22.3 Å². The molecule has 0 radical (unpaired) electrons. The lowest BCUT2D eigenvalue weighted by atomic mass is 10.0. The molecule has 0 atom stereocenters. The van der Waals surface area contributed by atoms with Crippen molar-refractivity contribution < 1.29 is 0 Å². The molecule has 0 aliphatic carbocycles. The van der Waals surface area contributed by atoms with E-state index in [0.29, 0.717) is 0 Å². The van der Waals surface area contributed by atoms with E-state index in [1.165, 1.54) is 47.8 Å². The SMILES string of the molecule is c1ccc(-c2ccc(N(c3ccc(-c4ccc5ccccc5c4)cc3)c3cnc4c(c3)sc3ccccc34)cc2)cc1. The van der Waals surface area contributed by atoms with E-state index in [1.54, 1.807) is 11.3 Å². The molecule has 198 valence electrons. The van der Waals surface area contributed by atoms with Gasteiger partial charge in [0.05, 0.1) is 22.1 Å². The minimum atomic E-state index is 1.04. The summed E-state index contributed by atoms with van der Waals surface area (Å²) in [5.74, 6) is 0. The summed E-state index contributed by atoms with van der Waals surface area (Å²) in [6, 6.07) is 54.2. The summed E-state index contributed by atoms with van der Waals surface area (Å²) >= 11 is 1.79. The van der Waals surface area contributed by atoms with Crippen LogP contribution in [0.2, 0.25) is 0 Å². The van der Waals surface area contributed by atoms with Gasteiger partial charge in [-0.3, -0.25) is 4.98 Å². The zero-order valence-corrected chi connectivity index (χ0v) is 23.6. The Balaban J connectivity index is 1.22. The van der Waals surface area contributed by atoms with Crippen LogP contribution in [0, 0.1) is 0 Å². The molecule has 0 saturated heterocycles. The van der Waals surface area contributed by atoms with Gasteiger partial charge in [-0.1, -0.05) is 109 Å². The molecule has 0 spiro atoms. The number of benzene rings is 6. The first-order valence-corrected chi connectivity index (χ1v) is 14.9. The van der Waals surface area contributed by atoms with E-state index in [-0.39, 0.29) is 0 Å². The largest absolute Gasteiger partial charge is 0.309 e. The molecule has 8 aromatic rings. The van der Waals surface area contributed by atoms with Crippen molar-refractivity contribution in [2.75, 3.05) is 4.90 Å². The zero-order chi connectivity index (χ0) is 27.9. The van der Waals surface area contributed by atoms with Crippen LogP contribution < -0.4 is 4.90 Å². The summed E-state index contributed by atoms with van der Waals surface area (Å²) in [6.07, 6.45) is 2.00. The fourth-order valence-corrected chi connectivity index (χ4v) is 6.86. The Hall–Kier alpha value is -5.25. The summed E-state index contributed by atoms with van der Waals surface area (Å²) in [5.41, 5.74) is 9.11. The van der Waals surface area contributed by atoms with Gasteiger partial charge in [0.1, 0.15) is 0 Å². The van der Waals surface area contributed by atoms with Crippen molar-refractivity contribution in [2.24, 2.45) is 0 Å². The van der Waals surface area contributed by atoms with Crippen LogP contribution in [0.1, 0.15) is 0 Å². The third-order valence-corrected chi connectivity index (χ3v) is 9.01. The van der Waals surface area contributed by atoms with Gasteiger partial charge < -0.3 is 4.90 Å². The second kappa shape index (κ2) is 10.3. The van der Waals surface area contributed by atoms with Crippen molar-refractivity contribution in [1.82, 2.24) is 4.98 Å². The first-order chi connectivity index (χ1) is 20.8. The lowest BCUT2D eigenvalue weighted by molar-refractivity contribution is 1.26. The normalized spacial score (nSPS) is 11.3. The lowest BCUT2D eigenvalue weighted by Gasteiger charge is -2.25. The third-order valence-electron chi connectivity index (χ3n) is 7.90. The molecule has 6 aromatic carbocycles. The van der Waals surface area contributed by atoms with Crippen LogP contribution in [-0.2, 0) is 0 Å². The average Bonchev–Trinajstić information content (AvgIpc) is 3.44. The van der Waals surface area contributed by atoms with Crippen LogP contribution in [0.5, 0.6) is 0 Å². The van der Waals surface area contributed by atoms with Crippen LogP contribution in [0.4, 0.5) is 17.1 Å². The number of anilines is 3. The highest BCUT2D eigenvalue weighted by Crippen LogP contribution is 2.40. The molecule has 0 N–H and O–H groups in total. The maximum absolute atomic E-state index is 4.97. The smallest absolute Gasteiger partial charge is 0.0890 e. The number of pyridine rings is 1. The molecule has 42 heavy (non-hydrogen) atoms. The molecule has 2 heterocycles. The van der Waals surface area contributed by atoms with Crippen LogP contribution >= 0.6 is 11.3 Å². The van der Waals surface area contributed by atoms with Crippen molar-refractivity contribution in [3.63, 3.8) is 0 Å². The van der Waals surface area contributed by atoms with E-state index in [9.17, 15) is 0 Å². The Morgan fingerprint density at radius 3 is 1.79 bits per heavy atom. The number of nitrogens with zero attached hydrogens (tertiary/aromatic N) is 2. The van der Waals surface area contributed by atoms with Gasteiger partial charge >= 0.3 is 0 Å². The fraction of sp³-hybridized carbons (Fsp3) is 0. The molecule has 2 aromatic heterocycles. The van der Waals surface area contributed by atoms with Crippen LogP contribution in [0.15, 0.2) is 158 Å². The number of rotatable bonds is 5. The Labute approximate surface area is 248 Å². The zero-order valence-electron chi connectivity index (χ0n) is 22.8. The molecule has 0 saturated carbocycles. The maximum atomic E-state index is 4.97. The number of hydrogen-bond acceptors (Lipinski definition) is 3. The van der Waals surface area contributed by atoms with Gasteiger partial charge in [-0.05, 0) is 75.5 Å². The van der Waals surface area contributed by atoms with E-state index >= 15 is 0 Å². The minimum Gasteiger partial charge on any atom is -0.309 e. The van der Waals surface area contributed by atoms with E-state index in [1.807, 2.05) is 6.20 Å². The van der Waals surface area contributed by atoms with Crippen LogP contribution in [0.25, 0.3) is 53.3 Å². The first kappa shape index (κ1) is 24.5. The van der Waals surface area contributed by atoms with Gasteiger partial charge in [0, 0.05) is 21.5 Å². The summed E-state index contributed by atoms with van der Waals surface area (Å²) in [6.45, 7) is 0. The number of fused-ring (bicyclic) bond motifs is 4. The number of thiophene rings is 1. The molecule has 0 aliphatic rings. The van der Waals surface area contributed by atoms with Gasteiger partial charge in [-0.15, -0.1) is 11.3 Å². The van der Waals surface area contributed by atoms with Gasteiger partial charge in [0.15, 0.2) is 0 Å². The molecule has 8 rings (SSSR count). The second-order valence-electron chi connectivity index (χ2n) is 10.5. The van der Waals surface area contributed by atoms with Crippen LogP contribution in [-0.4, -0.2) is 4.98 Å². The second-order valence-corrected chi connectivity index (χ2v) is 11.6. The summed E-state index contributed by atoms with van der Waals surface area (Å²) < 4.78 is 2.45. The van der Waals surface area contributed by atoms with Gasteiger partial charge in [-0.25, -0.2) is 0 Å². The molecule has 0 amide bonds. The van der Waals surface area contributed by atoms with Crippen molar-refractivity contribution >= 4 is 59.5 Å². The first-order valence-electron chi connectivity index (χ1n) is 14.1. The Morgan fingerprint density at radius 2 is 1.02 bits per heavy atom. The molecule has 0 aliphatic heterocycles. The molecule has 0 fully saturated rings. The highest BCUT2D eigenvalue weighted by molar-refractivity contribution is 7.25. The topological polar surface area (TPSA) is 16.1 Å². The van der Waals surface area contributed by atoms with E-state index in [2.05, 4.69) is 157 Å². The quantitative estimate of drug-likeness (QED) is 0.210. The van der Waals surface area contributed by atoms with Crippen molar-refractivity contribution in [2.45, 2.75) is 0 Å². The van der Waals surface area contributed by atoms with E-state index < -0.39 is 0 Å². The Kier molecular flexibility index (Phi) is 6.02. The molecule has 0 unspecified atom stereocenters. The number of aromatic nitrogens is 1. The number of hydrogen-bond donors (Lipinski definition) is 0. The molecule has 3 heteroatoms. The van der Waals surface area contributed by atoms with Gasteiger partial charge in [-0.2, -0.15) is 0 Å². The average molecular weight is 555 g/mol. The van der Waals surface area contributed by atoms with Gasteiger partial charge in [0.25, 0.3) is 0 Å². The maximum Gasteiger partial charge on any atom is 0.0890 e. The fourth-order valence-electron chi connectivity index (χ4n) is 5.76. The minimum absolute atomic E-state index is 1.04. The highest BCUT2D eigenvalue weighted by atomic mass is 32.1. The van der Waals surface area contributed by atoms with Gasteiger partial charge in [0.2, 0.25) is 0 Å². The molecular formula is C39H26N2S. The van der Waals surface area contributed by atoms with E-state index in [0.717, 1.165) is 22.6 Å². The monoisotopic (exact) mass is 554 g/mol.